The van der Waals surface area contributed by atoms with E-state index in [2.05, 4.69) is 46.8 Å². The average molecular weight is 248 g/mol. The predicted molar refractivity (Wildman–Crippen MR) is 74.3 cm³/mol. The van der Waals surface area contributed by atoms with E-state index < -0.39 is 6.10 Å². The van der Waals surface area contributed by atoms with Crippen molar-refractivity contribution in [3.63, 3.8) is 0 Å². The molecule has 2 nitrogen and oxygen atoms in total. The molecule has 1 aromatic rings. The Morgan fingerprint density at radius 3 is 2.39 bits per heavy atom. The fraction of sp³-hybridized carbons (Fsp3) is 0.625. The molecule has 1 N–H and O–H groups in total. The van der Waals surface area contributed by atoms with Gasteiger partial charge in [-0.3, -0.25) is 0 Å². The number of hydrogen-bond donors (Lipinski definition) is 1. The molecular formula is C16H24O2. The van der Waals surface area contributed by atoms with Crippen LogP contribution in [0.1, 0.15) is 64.3 Å². The summed E-state index contributed by atoms with van der Waals surface area (Å²) in [6.45, 7) is 13.5. The molecule has 0 spiro atoms. The molecule has 0 amide bonds. The first kappa shape index (κ1) is 13.4. The molecule has 1 aliphatic rings. The van der Waals surface area contributed by atoms with Gasteiger partial charge in [0.2, 0.25) is 0 Å². The van der Waals surface area contributed by atoms with Crippen molar-refractivity contribution in [3.8, 4) is 5.75 Å². The SMILES string of the molecule is CC(O)c1cc(C(C)(C)C)c2c(c1)C(C)(C)CO2. The minimum Gasteiger partial charge on any atom is -0.492 e. The average Bonchev–Trinajstić information content (AvgIpc) is 2.52. The van der Waals surface area contributed by atoms with Crippen LogP contribution in [-0.4, -0.2) is 11.7 Å². The van der Waals surface area contributed by atoms with Crippen molar-refractivity contribution < 1.29 is 9.84 Å². The fourth-order valence-electron chi connectivity index (χ4n) is 2.44. The normalized spacial score (nSPS) is 19.3. The second kappa shape index (κ2) is 3.99. The standard InChI is InChI=1S/C16H24O2/c1-10(17)11-7-12(15(2,3)4)14-13(8-11)16(5,6)9-18-14/h7-8,10,17H,9H2,1-6H3. The van der Waals surface area contributed by atoms with Crippen molar-refractivity contribution in [2.24, 2.45) is 0 Å². The van der Waals surface area contributed by atoms with E-state index in [1.165, 1.54) is 11.1 Å². The lowest BCUT2D eigenvalue weighted by Crippen LogP contribution is -2.18. The Balaban J connectivity index is 2.69. The summed E-state index contributed by atoms with van der Waals surface area (Å²) in [6, 6.07) is 4.19. The predicted octanol–water partition coefficient (Wildman–Crippen LogP) is 3.71. The van der Waals surface area contributed by atoms with E-state index in [1.54, 1.807) is 0 Å². The monoisotopic (exact) mass is 248 g/mol. The highest BCUT2D eigenvalue weighted by Crippen LogP contribution is 2.45. The van der Waals surface area contributed by atoms with Gasteiger partial charge < -0.3 is 9.84 Å². The lowest BCUT2D eigenvalue weighted by molar-refractivity contribution is 0.199. The third-order valence-corrected chi connectivity index (χ3v) is 3.71. The molecule has 2 rings (SSSR count). The summed E-state index contributed by atoms with van der Waals surface area (Å²) in [5.41, 5.74) is 3.46. The van der Waals surface area contributed by atoms with Gasteiger partial charge >= 0.3 is 0 Å². The minimum atomic E-state index is -0.437. The maximum absolute atomic E-state index is 9.87. The Morgan fingerprint density at radius 2 is 1.89 bits per heavy atom. The van der Waals surface area contributed by atoms with Gasteiger partial charge in [0, 0.05) is 16.5 Å². The summed E-state index contributed by atoms with van der Waals surface area (Å²) in [5, 5.41) is 9.87. The van der Waals surface area contributed by atoms with E-state index in [9.17, 15) is 5.11 Å². The zero-order valence-corrected chi connectivity index (χ0v) is 12.3. The van der Waals surface area contributed by atoms with Gasteiger partial charge in [-0.1, -0.05) is 34.6 Å². The summed E-state index contributed by atoms with van der Waals surface area (Å²) in [4.78, 5) is 0. The maximum atomic E-state index is 9.87. The number of aliphatic hydroxyl groups is 1. The van der Waals surface area contributed by atoms with Crippen LogP contribution in [0.2, 0.25) is 0 Å². The highest BCUT2D eigenvalue weighted by molar-refractivity contribution is 5.53. The van der Waals surface area contributed by atoms with E-state index >= 15 is 0 Å². The van der Waals surface area contributed by atoms with Crippen molar-refractivity contribution in [1.29, 1.82) is 0 Å². The van der Waals surface area contributed by atoms with Crippen LogP contribution in [0, 0.1) is 0 Å². The second-order valence-electron chi connectivity index (χ2n) is 7.04. The Hall–Kier alpha value is -1.02. The van der Waals surface area contributed by atoms with Crippen molar-refractivity contribution in [2.75, 3.05) is 6.61 Å². The van der Waals surface area contributed by atoms with Crippen LogP contribution >= 0.6 is 0 Å². The molecule has 0 aromatic heterocycles. The lowest BCUT2D eigenvalue weighted by Gasteiger charge is -2.24. The van der Waals surface area contributed by atoms with Crippen molar-refractivity contribution >= 4 is 0 Å². The van der Waals surface area contributed by atoms with Crippen molar-refractivity contribution in [2.45, 2.75) is 58.5 Å². The summed E-state index contributed by atoms with van der Waals surface area (Å²) in [6.07, 6.45) is -0.437. The van der Waals surface area contributed by atoms with Gasteiger partial charge in [0.25, 0.3) is 0 Å². The molecule has 0 radical (unpaired) electrons. The summed E-state index contributed by atoms with van der Waals surface area (Å²) >= 11 is 0. The third kappa shape index (κ3) is 2.14. The van der Waals surface area contributed by atoms with Crippen LogP contribution in [0.5, 0.6) is 5.75 Å². The molecule has 1 aromatic carbocycles. The molecule has 0 fully saturated rings. The zero-order valence-electron chi connectivity index (χ0n) is 12.3. The number of rotatable bonds is 1. The van der Waals surface area contributed by atoms with Crippen LogP contribution < -0.4 is 4.74 Å². The van der Waals surface area contributed by atoms with Gasteiger partial charge in [0.15, 0.2) is 0 Å². The largest absolute Gasteiger partial charge is 0.492 e. The number of hydrogen-bond acceptors (Lipinski definition) is 2. The fourth-order valence-corrected chi connectivity index (χ4v) is 2.44. The Labute approximate surface area is 110 Å². The number of fused-ring (bicyclic) bond motifs is 1. The van der Waals surface area contributed by atoms with E-state index in [0.29, 0.717) is 6.61 Å². The van der Waals surface area contributed by atoms with Gasteiger partial charge in [0.1, 0.15) is 5.75 Å². The second-order valence-corrected chi connectivity index (χ2v) is 7.04. The molecule has 1 atom stereocenters. The van der Waals surface area contributed by atoms with Gasteiger partial charge in [-0.15, -0.1) is 0 Å². The molecule has 2 heteroatoms. The van der Waals surface area contributed by atoms with Gasteiger partial charge in [-0.05, 0) is 30.0 Å². The number of ether oxygens (including phenoxy) is 1. The Morgan fingerprint density at radius 1 is 1.28 bits per heavy atom. The van der Waals surface area contributed by atoms with Gasteiger partial charge in [-0.25, -0.2) is 0 Å². The van der Waals surface area contributed by atoms with E-state index in [1.807, 2.05) is 6.92 Å². The number of benzene rings is 1. The Bertz CT molecular complexity index is 465. The zero-order chi connectivity index (χ0) is 13.7. The molecule has 0 saturated carbocycles. The molecule has 0 saturated heterocycles. The number of aliphatic hydroxyl groups excluding tert-OH is 1. The molecule has 1 heterocycles. The highest BCUT2D eigenvalue weighted by Gasteiger charge is 2.36. The minimum absolute atomic E-state index is 0.0232. The van der Waals surface area contributed by atoms with E-state index in [4.69, 9.17) is 4.74 Å². The molecule has 1 aliphatic heterocycles. The van der Waals surface area contributed by atoms with Crippen LogP contribution in [0.25, 0.3) is 0 Å². The third-order valence-electron chi connectivity index (χ3n) is 3.71. The van der Waals surface area contributed by atoms with Crippen LogP contribution in [0.4, 0.5) is 0 Å². The first-order chi connectivity index (χ1) is 8.13. The van der Waals surface area contributed by atoms with Crippen LogP contribution in [0.15, 0.2) is 12.1 Å². The smallest absolute Gasteiger partial charge is 0.126 e. The topological polar surface area (TPSA) is 29.5 Å². The quantitative estimate of drug-likeness (QED) is 0.821. The van der Waals surface area contributed by atoms with Crippen LogP contribution in [0.3, 0.4) is 0 Å². The summed E-state index contributed by atoms with van der Waals surface area (Å²) in [7, 11) is 0. The summed E-state index contributed by atoms with van der Waals surface area (Å²) < 4.78 is 5.92. The molecule has 0 bridgehead atoms. The lowest BCUT2D eigenvalue weighted by atomic mass is 9.79. The molecule has 1 unspecified atom stereocenters. The highest BCUT2D eigenvalue weighted by atomic mass is 16.5. The molecular weight excluding hydrogens is 224 g/mol. The van der Waals surface area contributed by atoms with E-state index in [0.717, 1.165) is 11.3 Å². The summed E-state index contributed by atoms with van der Waals surface area (Å²) in [5.74, 6) is 1.02. The Kier molecular flexibility index (Phi) is 2.97. The molecule has 100 valence electrons. The molecule has 0 aliphatic carbocycles. The maximum Gasteiger partial charge on any atom is 0.126 e. The van der Waals surface area contributed by atoms with Crippen LogP contribution in [-0.2, 0) is 10.8 Å². The van der Waals surface area contributed by atoms with Gasteiger partial charge in [0.05, 0.1) is 12.7 Å². The van der Waals surface area contributed by atoms with Gasteiger partial charge in [-0.2, -0.15) is 0 Å². The van der Waals surface area contributed by atoms with E-state index in [-0.39, 0.29) is 10.8 Å². The molecule has 18 heavy (non-hydrogen) atoms. The van der Waals surface area contributed by atoms with Crippen molar-refractivity contribution in [3.05, 3.63) is 28.8 Å². The van der Waals surface area contributed by atoms with Crippen molar-refractivity contribution in [1.82, 2.24) is 0 Å². The first-order valence-electron chi connectivity index (χ1n) is 6.63. The first-order valence-corrected chi connectivity index (χ1v) is 6.63.